The Bertz CT molecular complexity index is 1290. The van der Waals surface area contributed by atoms with Crippen molar-refractivity contribution in [2.24, 2.45) is 11.7 Å². The lowest BCUT2D eigenvalue weighted by molar-refractivity contribution is -0.140. The smallest absolute Gasteiger partial charge is 0.325 e. The summed E-state index contributed by atoms with van der Waals surface area (Å²) in [6, 6.07) is 13.8. The Labute approximate surface area is 205 Å². The fourth-order valence-corrected chi connectivity index (χ4v) is 5.50. The maximum absolute atomic E-state index is 14.3. The van der Waals surface area contributed by atoms with Crippen LogP contribution in [0.1, 0.15) is 17.2 Å². The number of ether oxygens (including phenoxy) is 2. The first kappa shape index (κ1) is 22.5. The van der Waals surface area contributed by atoms with E-state index in [4.69, 9.17) is 38.4 Å². The SMILES string of the molecule is COC(=O)CN1C(=O)C2(C(C#N)=C(N)OC3NNC(c4ccc(Cl)c(Cl)c4)C32)c2ccccc21. The Morgan fingerprint density at radius 1 is 1.26 bits per heavy atom. The molecular weight excluding hydrogens is 481 g/mol. The minimum atomic E-state index is -1.53. The number of carbonyl (C=O) groups excluding carboxylic acids is 2. The van der Waals surface area contributed by atoms with Gasteiger partial charge in [-0.1, -0.05) is 47.5 Å². The first-order valence-electron chi connectivity index (χ1n) is 10.4. The minimum absolute atomic E-state index is 0.0193. The van der Waals surface area contributed by atoms with E-state index in [-0.39, 0.29) is 18.0 Å². The van der Waals surface area contributed by atoms with Gasteiger partial charge in [-0.15, -0.1) is 0 Å². The van der Waals surface area contributed by atoms with Gasteiger partial charge in [0.15, 0.2) is 6.23 Å². The molecule has 34 heavy (non-hydrogen) atoms. The molecule has 4 unspecified atom stereocenters. The van der Waals surface area contributed by atoms with Crippen LogP contribution in [-0.2, 0) is 24.5 Å². The second kappa shape index (κ2) is 8.18. The van der Waals surface area contributed by atoms with Gasteiger partial charge in [0.05, 0.1) is 29.1 Å². The number of rotatable bonds is 3. The van der Waals surface area contributed by atoms with E-state index in [1.54, 1.807) is 42.5 Å². The standard InChI is InChI=1S/C23H19Cl2N5O4/c1-33-17(31)10-30-16-5-3-2-4-12(16)23(22(30)32)13(9-26)20(27)34-21-18(23)19(28-29-21)11-6-7-14(24)15(25)8-11/h2-8,18-19,21,28-29H,10,27H2,1H3. The van der Waals surface area contributed by atoms with Crippen molar-refractivity contribution in [2.45, 2.75) is 17.7 Å². The van der Waals surface area contributed by atoms with E-state index >= 15 is 0 Å². The van der Waals surface area contributed by atoms with E-state index in [1.165, 1.54) is 12.0 Å². The predicted octanol–water partition coefficient (Wildman–Crippen LogP) is 2.27. The molecule has 3 heterocycles. The Morgan fingerprint density at radius 3 is 2.74 bits per heavy atom. The number of anilines is 1. The van der Waals surface area contributed by atoms with Gasteiger partial charge in [-0.2, -0.15) is 5.26 Å². The second-order valence-electron chi connectivity index (χ2n) is 8.15. The molecule has 0 radical (unpaired) electrons. The van der Waals surface area contributed by atoms with Gasteiger partial charge in [-0.25, -0.2) is 10.9 Å². The molecule has 4 atom stereocenters. The molecule has 0 aromatic heterocycles. The summed E-state index contributed by atoms with van der Waals surface area (Å²) in [4.78, 5) is 27.8. The fraction of sp³-hybridized carbons (Fsp3) is 0.261. The van der Waals surface area contributed by atoms with E-state index in [1.807, 2.05) is 0 Å². The number of methoxy groups -OCH3 is 1. The number of nitrogens with two attached hydrogens (primary N) is 1. The van der Waals surface area contributed by atoms with Crippen LogP contribution in [0.25, 0.3) is 0 Å². The van der Waals surface area contributed by atoms with Gasteiger partial charge < -0.3 is 15.2 Å². The number of fused-ring (bicyclic) bond motifs is 4. The van der Waals surface area contributed by atoms with Gasteiger partial charge in [0.2, 0.25) is 11.8 Å². The molecule has 1 amide bonds. The van der Waals surface area contributed by atoms with Crippen LogP contribution in [0.3, 0.4) is 0 Å². The van der Waals surface area contributed by atoms with Gasteiger partial charge >= 0.3 is 5.97 Å². The fourth-order valence-electron chi connectivity index (χ4n) is 5.20. The first-order valence-corrected chi connectivity index (χ1v) is 11.1. The van der Waals surface area contributed by atoms with Crippen molar-refractivity contribution in [3.63, 3.8) is 0 Å². The largest absolute Gasteiger partial charge is 0.468 e. The molecule has 2 aromatic carbocycles. The number of nitrogens with zero attached hydrogens (tertiary/aromatic N) is 2. The molecule has 3 aliphatic rings. The van der Waals surface area contributed by atoms with Crippen molar-refractivity contribution in [2.75, 3.05) is 18.6 Å². The maximum Gasteiger partial charge on any atom is 0.325 e. The molecule has 0 aliphatic carbocycles. The lowest BCUT2D eigenvalue weighted by Crippen LogP contribution is -2.56. The summed E-state index contributed by atoms with van der Waals surface area (Å²) in [6.07, 6.45) is -0.758. The molecule has 4 N–H and O–H groups in total. The molecule has 0 bridgehead atoms. The number of hydrazine groups is 1. The number of hydrogen-bond donors (Lipinski definition) is 3. The molecule has 3 aliphatic heterocycles. The molecule has 11 heteroatoms. The number of halogens is 2. The van der Waals surface area contributed by atoms with Crippen molar-refractivity contribution in [1.82, 2.24) is 10.9 Å². The molecule has 9 nitrogen and oxygen atoms in total. The lowest BCUT2D eigenvalue weighted by Gasteiger charge is -2.42. The summed E-state index contributed by atoms with van der Waals surface area (Å²) >= 11 is 12.4. The molecule has 1 fully saturated rings. The number of benzene rings is 2. The number of amides is 1. The summed E-state index contributed by atoms with van der Waals surface area (Å²) in [5, 5.41) is 10.9. The highest BCUT2D eigenvalue weighted by Gasteiger charge is 2.67. The number of para-hydroxylation sites is 1. The Hall–Kier alpha value is -3.29. The van der Waals surface area contributed by atoms with Gasteiger partial charge in [0.25, 0.3) is 0 Å². The highest BCUT2D eigenvalue weighted by Crippen LogP contribution is 2.58. The second-order valence-corrected chi connectivity index (χ2v) is 8.96. The molecule has 0 saturated carbocycles. The first-order chi connectivity index (χ1) is 16.3. The van der Waals surface area contributed by atoms with Crippen LogP contribution < -0.4 is 21.5 Å². The zero-order valence-electron chi connectivity index (χ0n) is 17.8. The zero-order valence-corrected chi connectivity index (χ0v) is 19.4. The number of nitrogens with one attached hydrogen (secondary N) is 2. The predicted molar refractivity (Wildman–Crippen MR) is 123 cm³/mol. The normalized spacial score (nSPS) is 27.3. The Balaban J connectivity index is 1.76. The van der Waals surface area contributed by atoms with Crippen LogP contribution in [0, 0.1) is 17.2 Å². The van der Waals surface area contributed by atoms with E-state index in [2.05, 4.69) is 16.9 Å². The molecular formula is C23H19Cl2N5O4. The Kier molecular flexibility index (Phi) is 5.41. The van der Waals surface area contributed by atoms with Crippen LogP contribution in [0.5, 0.6) is 0 Å². The van der Waals surface area contributed by atoms with Gasteiger partial charge in [0.1, 0.15) is 23.6 Å². The number of esters is 1. The molecule has 5 rings (SSSR count). The highest BCUT2D eigenvalue weighted by molar-refractivity contribution is 6.42. The van der Waals surface area contributed by atoms with Crippen molar-refractivity contribution in [1.29, 1.82) is 5.26 Å². The monoisotopic (exact) mass is 499 g/mol. The lowest BCUT2D eigenvalue weighted by atomic mass is 9.62. The average Bonchev–Trinajstić information content (AvgIpc) is 3.35. The Morgan fingerprint density at radius 2 is 2.03 bits per heavy atom. The third-order valence-corrected chi connectivity index (χ3v) is 7.33. The molecule has 1 saturated heterocycles. The van der Waals surface area contributed by atoms with Crippen LogP contribution in [0.2, 0.25) is 10.0 Å². The van der Waals surface area contributed by atoms with Crippen molar-refractivity contribution < 1.29 is 19.1 Å². The van der Waals surface area contributed by atoms with Crippen LogP contribution >= 0.6 is 23.2 Å². The average molecular weight is 500 g/mol. The maximum atomic E-state index is 14.3. The van der Waals surface area contributed by atoms with Crippen LogP contribution in [0.4, 0.5) is 5.69 Å². The molecule has 174 valence electrons. The van der Waals surface area contributed by atoms with Crippen molar-refractivity contribution >= 4 is 40.8 Å². The van der Waals surface area contributed by atoms with E-state index in [0.717, 1.165) is 5.56 Å². The van der Waals surface area contributed by atoms with Crippen molar-refractivity contribution in [3.8, 4) is 6.07 Å². The van der Waals surface area contributed by atoms with E-state index < -0.39 is 35.5 Å². The van der Waals surface area contributed by atoms with Crippen molar-refractivity contribution in [3.05, 3.63) is 75.1 Å². The van der Waals surface area contributed by atoms with E-state index in [0.29, 0.717) is 21.3 Å². The molecule has 1 spiro atoms. The molecule has 2 aromatic rings. The van der Waals surface area contributed by atoms with Gasteiger partial charge in [0, 0.05) is 5.69 Å². The zero-order chi connectivity index (χ0) is 24.2. The summed E-state index contributed by atoms with van der Waals surface area (Å²) in [5.41, 5.74) is 12.6. The third kappa shape index (κ3) is 3.00. The summed E-state index contributed by atoms with van der Waals surface area (Å²) in [7, 11) is 1.25. The topological polar surface area (TPSA) is 130 Å². The number of nitriles is 1. The van der Waals surface area contributed by atoms with E-state index in [9.17, 15) is 14.9 Å². The highest BCUT2D eigenvalue weighted by atomic mass is 35.5. The number of hydrogen-bond acceptors (Lipinski definition) is 8. The van der Waals surface area contributed by atoms with Gasteiger partial charge in [-0.05, 0) is 29.3 Å². The third-order valence-electron chi connectivity index (χ3n) is 6.59. The van der Waals surface area contributed by atoms with Gasteiger partial charge in [-0.3, -0.25) is 14.5 Å². The van der Waals surface area contributed by atoms with Crippen LogP contribution in [0.15, 0.2) is 53.9 Å². The quantitative estimate of drug-likeness (QED) is 0.548. The summed E-state index contributed by atoms with van der Waals surface area (Å²) in [6.45, 7) is -0.316. The van der Waals surface area contributed by atoms with Crippen LogP contribution in [-0.4, -0.2) is 31.8 Å². The minimum Gasteiger partial charge on any atom is -0.468 e. The number of carbonyl (C=O) groups is 2. The summed E-state index contributed by atoms with van der Waals surface area (Å²) < 4.78 is 10.7. The summed E-state index contributed by atoms with van der Waals surface area (Å²) in [5.74, 6) is -1.88.